The average Bonchev–Trinajstić information content (AvgIpc) is 3.47. The van der Waals surface area contributed by atoms with Crippen LogP contribution < -0.4 is 20.3 Å². The summed E-state index contributed by atoms with van der Waals surface area (Å²) in [5, 5.41) is 23.1. The van der Waals surface area contributed by atoms with Crippen molar-refractivity contribution in [2.75, 3.05) is 35.2 Å². The van der Waals surface area contributed by atoms with Gasteiger partial charge in [-0.3, -0.25) is 10.1 Å². The van der Waals surface area contributed by atoms with E-state index in [0.717, 1.165) is 25.3 Å². The molecular weight excluding hydrogens is 468 g/mol. The SMILES string of the molecule is CCOC(C(=O)Nc1nnc(N[C@@H]2CCN(c3cccnn3)C2)s1)c1cccc(OC(F)F)c1. The van der Waals surface area contributed by atoms with Gasteiger partial charge in [-0.2, -0.15) is 13.9 Å². The van der Waals surface area contributed by atoms with Gasteiger partial charge < -0.3 is 19.7 Å². The van der Waals surface area contributed by atoms with Crippen molar-refractivity contribution in [3.8, 4) is 5.75 Å². The highest BCUT2D eigenvalue weighted by molar-refractivity contribution is 7.19. The van der Waals surface area contributed by atoms with Crippen LogP contribution in [-0.2, 0) is 9.53 Å². The van der Waals surface area contributed by atoms with E-state index in [-0.39, 0.29) is 18.4 Å². The number of nitrogens with one attached hydrogen (secondary N) is 2. The van der Waals surface area contributed by atoms with Gasteiger partial charge in [0.05, 0.1) is 0 Å². The maximum Gasteiger partial charge on any atom is 0.387 e. The number of aromatic nitrogens is 4. The lowest BCUT2D eigenvalue weighted by Gasteiger charge is -2.17. The van der Waals surface area contributed by atoms with Crippen LogP contribution in [0.3, 0.4) is 0 Å². The highest BCUT2D eigenvalue weighted by Crippen LogP contribution is 2.28. The van der Waals surface area contributed by atoms with Crippen LogP contribution in [-0.4, -0.2) is 58.7 Å². The minimum Gasteiger partial charge on any atom is -0.435 e. The fraction of sp³-hybridized carbons (Fsp3) is 0.381. The molecule has 3 heterocycles. The lowest BCUT2D eigenvalue weighted by Crippen LogP contribution is -2.26. The second-order valence-corrected chi connectivity index (χ2v) is 8.32. The molecule has 2 aromatic heterocycles. The van der Waals surface area contributed by atoms with Crippen LogP contribution in [0, 0.1) is 0 Å². The Morgan fingerprint density at radius 3 is 2.85 bits per heavy atom. The van der Waals surface area contributed by atoms with E-state index in [1.54, 1.807) is 19.2 Å². The highest BCUT2D eigenvalue weighted by atomic mass is 32.1. The largest absolute Gasteiger partial charge is 0.435 e. The third-order valence-corrected chi connectivity index (χ3v) is 5.78. The summed E-state index contributed by atoms with van der Waals surface area (Å²) < 4.78 is 35.1. The van der Waals surface area contributed by atoms with Crippen molar-refractivity contribution < 1.29 is 23.0 Å². The Labute approximate surface area is 198 Å². The van der Waals surface area contributed by atoms with E-state index in [9.17, 15) is 13.6 Å². The zero-order valence-electron chi connectivity index (χ0n) is 18.2. The van der Waals surface area contributed by atoms with E-state index in [4.69, 9.17) is 4.74 Å². The molecule has 1 fully saturated rings. The summed E-state index contributed by atoms with van der Waals surface area (Å²) in [7, 11) is 0. The van der Waals surface area contributed by atoms with Crippen molar-refractivity contribution in [1.29, 1.82) is 0 Å². The van der Waals surface area contributed by atoms with E-state index in [0.29, 0.717) is 15.8 Å². The van der Waals surface area contributed by atoms with E-state index in [1.807, 2.05) is 12.1 Å². The van der Waals surface area contributed by atoms with Gasteiger partial charge in [-0.05, 0) is 43.2 Å². The number of carbonyl (C=O) groups is 1. The summed E-state index contributed by atoms with van der Waals surface area (Å²) in [4.78, 5) is 15.0. The van der Waals surface area contributed by atoms with Crippen LogP contribution in [0.2, 0.25) is 0 Å². The summed E-state index contributed by atoms with van der Waals surface area (Å²) in [6.07, 6.45) is 1.50. The normalized spacial score (nSPS) is 16.5. The Hall–Kier alpha value is -3.45. The fourth-order valence-corrected chi connectivity index (χ4v) is 4.29. The van der Waals surface area contributed by atoms with Crippen molar-refractivity contribution in [2.24, 2.45) is 0 Å². The number of rotatable bonds is 10. The molecule has 1 aliphatic heterocycles. The third kappa shape index (κ3) is 6.11. The molecular formula is C21H23F2N7O3S. The Morgan fingerprint density at radius 2 is 2.09 bits per heavy atom. The minimum atomic E-state index is -2.96. The van der Waals surface area contributed by atoms with Crippen molar-refractivity contribution in [1.82, 2.24) is 20.4 Å². The Bertz CT molecular complexity index is 1090. The number of amides is 1. The van der Waals surface area contributed by atoms with Gasteiger partial charge in [0, 0.05) is 31.9 Å². The molecule has 0 spiro atoms. The first-order chi connectivity index (χ1) is 16.5. The number of anilines is 3. The second-order valence-electron chi connectivity index (χ2n) is 7.35. The van der Waals surface area contributed by atoms with Crippen LogP contribution in [0.15, 0.2) is 42.6 Å². The van der Waals surface area contributed by atoms with Crippen LogP contribution >= 0.6 is 11.3 Å². The number of ether oxygens (including phenoxy) is 2. The molecule has 180 valence electrons. The average molecular weight is 492 g/mol. The molecule has 1 unspecified atom stereocenters. The summed E-state index contributed by atoms with van der Waals surface area (Å²) in [6.45, 7) is 0.588. The Morgan fingerprint density at radius 1 is 1.24 bits per heavy atom. The molecule has 1 aromatic carbocycles. The lowest BCUT2D eigenvalue weighted by atomic mass is 10.1. The quantitative estimate of drug-likeness (QED) is 0.441. The maximum absolute atomic E-state index is 12.9. The number of halogens is 2. The summed E-state index contributed by atoms with van der Waals surface area (Å²) >= 11 is 1.20. The van der Waals surface area contributed by atoms with Crippen LogP contribution in [0.1, 0.15) is 25.0 Å². The van der Waals surface area contributed by atoms with Crippen molar-refractivity contribution in [2.45, 2.75) is 32.1 Å². The number of carbonyl (C=O) groups excluding carboxylic acids is 1. The van der Waals surface area contributed by atoms with Crippen LogP contribution in [0.4, 0.5) is 24.9 Å². The van der Waals surface area contributed by atoms with Gasteiger partial charge in [-0.1, -0.05) is 23.5 Å². The van der Waals surface area contributed by atoms with E-state index in [1.165, 1.54) is 29.5 Å². The predicted octanol–water partition coefficient (Wildman–Crippen LogP) is 3.34. The van der Waals surface area contributed by atoms with Gasteiger partial charge in [-0.15, -0.1) is 15.3 Å². The molecule has 1 saturated heterocycles. The molecule has 3 aromatic rings. The van der Waals surface area contributed by atoms with Crippen LogP contribution in [0.5, 0.6) is 5.75 Å². The molecule has 0 radical (unpaired) electrons. The zero-order chi connectivity index (χ0) is 23.9. The number of alkyl halides is 2. The molecule has 1 amide bonds. The van der Waals surface area contributed by atoms with E-state index >= 15 is 0 Å². The predicted molar refractivity (Wildman–Crippen MR) is 122 cm³/mol. The van der Waals surface area contributed by atoms with E-state index in [2.05, 4.69) is 40.7 Å². The van der Waals surface area contributed by atoms with E-state index < -0.39 is 18.6 Å². The molecule has 2 N–H and O–H groups in total. The maximum atomic E-state index is 12.9. The van der Waals surface area contributed by atoms with Gasteiger partial charge in [0.25, 0.3) is 5.91 Å². The van der Waals surface area contributed by atoms with Gasteiger partial charge in [0.1, 0.15) is 5.75 Å². The molecule has 34 heavy (non-hydrogen) atoms. The molecule has 0 bridgehead atoms. The highest BCUT2D eigenvalue weighted by Gasteiger charge is 2.26. The van der Waals surface area contributed by atoms with Gasteiger partial charge in [0.2, 0.25) is 10.3 Å². The monoisotopic (exact) mass is 491 g/mol. The van der Waals surface area contributed by atoms with Gasteiger partial charge in [-0.25, -0.2) is 0 Å². The summed E-state index contributed by atoms with van der Waals surface area (Å²) in [5.74, 6) is 0.273. The summed E-state index contributed by atoms with van der Waals surface area (Å²) in [6, 6.07) is 9.76. The van der Waals surface area contributed by atoms with Crippen molar-refractivity contribution in [3.05, 3.63) is 48.2 Å². The zero-order valence-corrected chi connectivity index (χ0v) is 19.0. The van der Waals surface area contributed by atoms with Crippen molar-refractivity contribution >= 4 is 33.3 Å². The molecule has 4 rings (SSSR count). The van der Waals surface area contributed by atoms with Gasteiger partial charge in [0.15, 0.2) is 11.9 Å². The molecule has 2 atom stereocenters. The topological polar surface area (TPSA) is 114 Å². The minimum absolute atomic E-state index is 0.0560. The van der Waals surface area contributed by atoms with Gasteiger partial charge >= 0.3 is 6.61 Å². The molecule has 13 heteroatoms. The van der Waals surface area contributed by atoms with Crippen molar-refractivity contribution in [3.63, 3.8) is 0 Å². The first-order valence-corrected chi connectivity index (χ1v) is 11.4. The third-order valence-electron chi connectivity index (χ3n) is 5.01. The first-order valence-electron chi connectivity index (χ1n) is 10.6. The van der Waals surface area contributed by atoms with Crippen LogP contribution in [0.25, 0.3) is 0 Å². The Kier molecular flexibility index (Phi) is 7.75. The second kappa shape index (κ2) is 11.1. The number of hydrogen-bond donors (Lipinski definition) is 2. The molecule has 0 aliphatic carbocycles. The fourth-order valence-electron chi connectivity index (χ4n) is 3.57. The Balaban J connectivity index is 1.36. The number of hydrogen-bond acceptors (Lipinski definition) is 10. The molecule has 10 nitrogen and oxygen atoms in total. The summed E-state index contributed by atoms with van der Waals surface area (Å²) in [5.41, 5.74) is 0.385. The number of nitrogens with zero attached hydrogens (tertiary/aromatic N) is 5. The first kappa shape index (κ1) is 23.7. The molecule has 0 saturated carbocycles. The molecule has 1 aliphatic rings. The number of benzene rings is 1. The lowest BCUT2D eigenvalue weighted by molar-refractivity contribution is -0.127. The standard InChI is InChI=1S/C21H23F2N7O3S/c1-2-32-17(13-5-3-6-15(11-13)33-19(22)23)18(31)26-21-29-28-20(34-21)25-14-8-10-30(12-14)16-7-4-9-24-27-16/h3-7,9,11,14,17,19H,2,8,10,12H2,1H3,(H,25,28)(H,26,29,31)/t14-,17?/m1/s1. The smallest absolute Gasteiger partial charge is 0.387 e.